The second-order valence-electron chi connectivity index (χ2n) is 5.98. The summed E-state index contributed by atoms with van der Waals surface area (Å²) in [6.07, 6.45) is 1.83. The van der Waals surface area contributed by atoms with Crippen molar-refractivity contribution in [1.82, 2.24) is 9.62 Å². The first kappa shape index (κ1) is 14.8. The Morgan fingerprint density at radius 3 is 3.00 bits per heavy atom. The molecule has 0 aromatic heterocycles. The number of ether oxygens (including phenoxy) is 1. The predicted molar refractivity (Wildman–Crippen MR) is 81.0 cm³/mol. The van der Waals surface area contributed by atoms with Gasteiger partial charge in [0.15, 0.2) is 0 Å². The summed E-state index contributed by atoms with van der Waals surface area (Å²) in [7, 11) is -1.48. The molecule has 2 aliphatic rings. The summed E-state index contributed by atoms with van der Waals surface area (Å²) in [6, 6.07) is 5.23. The number of hydrogen-bond donors (Lipinski definition) is 1. The maximum Gasteiger partial charge on any atom is 0.243 e. The molecule has 21 heavy (non-hydrogen) atoms. The molecule has 6 heteroatoms. The monoisotopic (exact) mass is 310 g/mol. The molecule has 0 amide bonds. The molecule has 1 aromatic rings. The van der Waals surface area contributed by atoms with Crippen LogP contribution < -0.4 is 10.1 Å². The zero-order valence-corrected chi connectivity index (χ0v) is 13.3. The molecule has 0 bridgehead atoms. The summed E-state index contributed by atoms with van der Waals surface area (Å²) in [6.45, 7) is 4.07. The number of nitrogens with one attached hydrogen (secondary N) is 1. The minimum Gasteiger partial charge on any atom is -0.490 e. The summed E-state index contributed by atoms with van der Waals surface area (Å²) in [5.74, 6) is 1.22. The van der Waals surface area contributed by atoms with Crippen molar-refractivity contribution in [1.29, 1.82) is 0 Å². The molecule has 3 rings (SSSR count). The zero-order valence-electron chi connectivity index (χ0n) is 12.5. The lowest BCUT2D eigenvalue weighted by Crippen LogP contribution is -2.30. The third-order valence-electron chi connectivity index (χ3n) is 4.25. The Bertz CT molecular complexity index is 630. The third-order valence-corrected chi connectivity index (χ3v) is 6.11. The minimum absolute atomic E-state index is 0.129. The maximum atomic E-state index is 12.7. The normalized spacial score (nSPS) is 25.8. The van der Waals surface area contributed by atoms with Gasteiger partial charge < -0.3 is 10.1 Å². The fourth-order valence-electron chi connectivity index (χ4n) is 3.18. The van der Waals surface area contributed by atoms with Crippen LogP contribution in [0.5, 0.6) is 5.75 Å². The fraction of sp³-hybridized carbons (Fsp3) is 0.600. The summed E-state index contributed by atoms with van der Waals surface area (Å²) in [4.78, 5) is 0.393. The van der Waals surface area contributed by atoms with E-state index in [1.165, 1.54) is 0 Å². The number of hydrogen-bond acceptors (Lipinski definition) is 4. The molecule has 1 N–H and O–H groups in total. The summed E-state index contributed by atoms with van der Waals surface area (Å²) in [5, 5.41) is 3.12. The quantitative estimate of drug-likeness (QED) is 0.909. The van der Waals surface area contributed by atoms with Gasteiger partial charge >= 0.3 is 0 Å². The Hall–Kier alpha value is -1.11. The van der Waals surface area contributed by atoms with Crippen molar-refractivity contribution in [3.05, 3.63) is 23.8 Å². The van der Waals surface area contributed by atoms with Gasteiger partial charge in [0.25, 0.3) is 0 Å². The summed E-state index contributed by atoms with van der Waals surface area (Å²) < 4.78 is 32.7. The number of fused-ring (bicyclic) bond motifs is 1. The number of benzene rings is 1. The summed E-state index contributed by atoms with van der Waals surface area (Å²) in [5.41, 5.74) is 0.995. The molecule has 0 radical (unpaired) electrons. The largest absolute Gasteiger partial charge is 0.490 e. The first-order chi connectivity index (χ1) is 10.0. The van der Waals surface area contributed by atoms with Crippen LogP contribution >= 0.6 is 0 Å². The van der Waals surface area contributed by atoms with Gasteiger partial charge in [0.2, 0.25) is 10.0 Å². The van der Waals surface area contributed by atoms with Crippen LogP contribution in [0.4, 0.5) is 0 Å². The SMILES string of the molecule is CNCC1CCN(S(=O)(=O)c2ccc3c(c2)CC(C)O3)C1. The molecule has 2 aliphatic heterocycles. The van der Waals surface area contributed by atoms with Crippen molar-refractivity contribution in [3.8, 4) is 5.75 Å². The van der Waals surface area contributed by atoms with E-state index in [0.717, 1.165) is 30.7 Å². The zero-order chi connectivity index (χ0) is 15.0. The average Bonchev–Trinajstić information content (AvgIpc) is 3.03. The van der Waals surface area contributed by atoms with Crippen LogP contribution in [0.15, 0.2) is 23.1 Å². The lowest BCUT2D eigenvalue weighted by atomic mass is 10.1. The van der Waals surface area contributed by atoms with E-state index in [0.29, 0.717) is 23.9 Å². The lowest BCUT2D eigenvalue weighted by Gasteiger charge is -2.17. The Balaban J connectivity index is 1.82. The Morgan fingerprint density at radius 1 is 1.43 bits per heavy atom. The molecule has 1 fully saturated rings. The van der Waals surface area contributed by atoms with E-state index in [2.05, 4.69) is 5.32 Å². The van der Waals surface area contributed by atoms with Gasteiger partial charge in [-0.25, -0.2) is 8.42 Å². The molecular formula is C15H22N2O3S. The standard InChI is InChI=1S/C15H22N2O3S/c1-11-7-13-8-14(3-4-15(13)20-11)21(18,19)17-6-5-12(10-17)9-16-2/h3-4,8,11-12,16H,5-7,9-10H2,1-2H3. The van der Waals surface area contributed by atoms with E-state index in [1.807, 2.05) is 14.0 Å². The van der Waals surface area contributed by atoms with Gasteiger partial charge in [0.05, 0.1) is 4.90 Å². The molecule has 116 valence electrons. The number of rotatable bonds is 4. The van der Waals surface area contributed by atoms with Crippen molar-refractivity contribution in [2.75, 3.05) is 26.7 Å². The van der Waals surface area contributed by atoms with Crippen LogP contribution in [0, 0.1) is 5.92 Å². The van der Waals surface area contributed by atoms with Gasteiger partial charge in [-0.15, -0.1) is 0 Å². The van der Waals surface area contributed by atoms with E-state index < -0.39 is 10.0 Å². The average molecular weight is 310 g/mol. The second-order valence-corrected chi connectivity index (χ2v) is 7.92. The van der Waals surface area contributed by atoms with Crippen LogP contribution in [-0.4, -0.2) is 45.5 Å². The fourth-order valence-corrected chi connectivity index (χ4v) is 4.76. The second kappa shape index (κ2) is 5.59. The first-order valence-electron chi connectivity index (χ1n) is 7.45. The van der Waals surface area contributed by atoms with Crippen LogP contribution in [0.1, 0.15) is 18.9 Å². The van der Waals surface area contributed by atoms with Crippen molar-refractivity contribution in [3.63, 3.8) is 0 Å². The molecule has 0 spiro atoms. The molecule has 1 saturated heterocycles. The topological polar surface area (TPSA) is 58.6 Å². The van der Waals surface area contributed by atoms with Gasteiger partial charge in [0.1, 0.15) is 11.9 Å². The Morgan fingerprint density at radius 2 is 2.24 bits per heavy atom. The molecule has 2 atom stereocenters. The lowest BCUT2D eigenvalue weighted by molar-refractivity contribution is 0.254. The molecule has 1 aromatic carbocycles. The van der Waals surface area contributed by atoms with Gasteiger partial charge in [-0.2, -0.15) is 4.31 Å². The third kappa shape index (κ3) is 2.80. The van der Waals surface area contributed by atoms with Gasteiger partial charge in [0, 0.05) is 19.5 Å². The first-order valence-corrected chi connectivity index (χ1v) is 8.89. The van der Waals surface area contributed by atoms with Crippen LogP contribution in [0.3, 0.4) is 0 Å². The van der Waals surface area contributed by atoms with E-state index in [1.54, 1.807) is 22.5 Å². The highest BCUT2D eigenvalue weighted by molar-refractivity contribution is 7.89. The van der Waals surface area contributed by atoms with Crippen LogP contribution in [0.25, 0.3) is 0 Å². The van der Waals surface area contributed by atoms with E-state index in [4.69, 9.17) is 4.74 Å². The van der Waals surface area contributed by atoms with E-state index >= 15 is 0 Å². The van der Waals surface area contributed by atoms with Gasteiger partial charge in [-0.1, -0.05) is 0 Å². The molecule has 2 heterocycles. The van der Waals surface area contributed by atoms with Crippen LogP contribution in [-0.2, 0) is 16.4 Å². The molecule has 2 unspecified atom stereocenters. The summed E-state index contributed by atoms with van der Waals surface area (Å²) >= 11 is 0. The van der Waals surface area contributed by atoms with Crippen LogP contribution in [0.2, 0.25) is 0 Å². The van der Waals surface area contributed by atoms with Crippen molar-refractivity contribution < 1.29 is 13.2 Å². The van der Waals surface area contributed by atoms with Crippen molar-refractivity contribution in [2.24, 2.45) is 5.92 Å². The maximum absolute atomic E-state index is 12.7. The predicted octanol–water partition coefficient (Wildman–Crippen LogP) is 1.24. The smallest absolute Gasteiger partial charge is 0.243 e. The minimum atomic E-state index is -3.38. The Labute approximate surface area is 126 Å². The number of sulfonamides is 1. The van der Waals surface area contributed by atoms with Gasteiger partial charge in [-0.3, -0.25) is 0 Å². The highest BCUT2D eigenvalue weighted by Crippen LogP contribution is 2.32. The van der Waals surface area contributed by atoms with E-state index in [-0.39, 0.29) is 6.10 Å². The van der Waals surface area contributed by atoms with Crippen molar-refractivity contribution in [2.45, 2.75) is 30.8 Å². The molecule has 0 aliphatic carbocycles. The molecule has 0 saturated carbocycles. The van der Waals surface area contributed by atoms with Crippen molar-refractivity contribution >= 4 is 10.0 Å². The molecule has 5 nitrogen and oxygen atoms in total. The Kier molecular flexibility index (Phi) is 3.94. The highest BCUT2D eigenvalue weighted by Gasteiger charge is 2.33. The van der Waals surface area contributed by atoms with E-state index in [9.17, 15) is 8.42 Å². The number of nitrogens with zero attached hydrogens (tertiary/aromatic N) is 1. The highest BCUT2D eigenvalue weighted by atomic mass is 32.2. The van der Waals surface area contributed by atoms with Gasteiger partial charge in [-0.05, 0) is 56.6 Å². The molecular weight excluding hydrogens is 288 g/mol.